The normalized spacial score (nSPS) is 14.6. The number of nitrogens with one attached hydrogen (secondary N) is 1. The zero-order chi connectivity index (χ0) is 41.7. The first-order chi connectivity index (χ1) is 28.5. The fourth-order valence-electron chi connectivity index (χ4n) is 7.06. The molecule has 0 saturated carbocycles. The van der Waals surface area contributed by atoms with Gasteiger partial charge < -0.3 is 29.0 Å². The minimum atomic E-state index is -5.08. The summed E-state index contributed by atoms with van der Waals surface area (Å²) < 4.78 is 67.2. The monoisotopic (exact) mass is 804 g/mol. The zero-order valence-corrected chi connectivity index (χ0v) is 32.4. The Bertz CT molecular complexity index is 2490. The van der Waals surface area contributed by atoms with Crippen molar-refractivity contribution in [3.8, 4) is 45.3 Å². The molecule has 10 nitrogen and oxygen atoms in total. The number of hydrogen-bond donors (Lipinski definition) is 1. The molecule has 2 atom stereocenters. The maximum atomic E-state index is 13.0. The third-order valence-corrected chi connectivity index (χ3v) is 9.69. The Labute approximate surface area is 338 Å². The van der Waals surface area contributed by atoms with Gasteiger partial charge in [-0.3, -0.25) is 14.4 Å². The lowest BCUT2D eigenvalue weighted by molar-refractivity contribution is -0.177. The number of amides is 2. The molecule has 0 aliphatic carbocycles. The van der Waals surface area contributed by atoms with Crippen molar-refractivity contribution in [1.82, 2.24) is 0 Å². The van der Waals surface area contributed by atoms with Crippen molar-refractivity contribution in [3.63, 3.8) is 0 Å². The van der Waals surface area contributed by atoms with E-state index in [4.69, 9.17) is 28.5 Å². The van der Waals surface area contributed by atoms with Crippen molar-refractivity contribution in [3.05, 3.63) is 156 Å². The highest BCUT2D eigenvalue weighted by Crippen LogP contribution is 2.47. The molecule has 0 aromatic heterocycles. The topological polar surface area (TPSA) is 105 Å². The van der Waals surface area contributed by atoms with E-state index in [1.807, 2.05) is 97.1 Å². The molecular formula is C46H39F3N2O8. The lowest BCUT2D eigenvalue weighted by Crippen LogP contribution is -2.40. The average Bonchev–Trinajstić information content (AvgIpc) is 3.26. The number of para-hydroxylation sites is 2. The van der Waals surface area contributed by atoms with E-state index in [0.717, 1.165) is 57.6 Å². The number of benzene rings is 6. The van der Waals surface area contributed by atoms with Crippen molar-refractivity contribution in [1.29, 1.82) is 0 Å². The van der Waals surface area contributed by atoms with Crippen LogP contribution in [0.1, 0.15) is 34.5 Å². The predicted octanol–water partition coefficient (Wildman–Crippen LogP) is 9.73. The zero-order valence-electron chi connectivity index (χ0n) is 32.4. The lowest BCUT2D eigenvalue weighted by atomic mass is 9.89. The van der Waals surface area contributed by atoms with Crippen molar-refractivity contribution in [2.75, 3.05) is 45.4 Å². The first-order valence-corrected chi connectivity index (χ1v) is 18.3. The molecule has 0 fully saturated rings. The first kappa shape index (κ1) is 40.4. The highest BCUT2D eigenvalue weighted by atomic mass is 19.4. The third kappa shape index (κ3) is 8.57. The summed E-state index contributed by atoms with van der Waals surface area (Å²) in [5.41, 5.74) is 7.67. The van der Waals surface area contributed by atoms with E-state index in [0.29, 0.717) is 22.7 Å². The van der Waals surface area contributed by atoms with Crippen molar-refractivity contribution < 1.29 is 51.3 Å². The van der Waals surface area contributed by atoms with Gasteiger partial charge in [0.25, 0.3) is 0 Å². The van der Waals surface area contributed by atoms with E-state index in [-0.39, 0.29) is 29.4 Å². The van der Waals surface area contributed by atoms with Crippen molar-refractivity contribution in [2.24, 2.45) is 0 Å². The Morgan fingerprint density at radius 3 is 1.66 bits per heavy atom. The van der Waals surface area contributed by atoms with Gasteiger partial charge in [-0.05, 0) is 71.8 Å². The number of nitrogens with zero attached hydrogens (tertiary/aromatic N) is 1. The van der Waals surface area contributed by atoms with E-state index in [1.165, 1.54) is 19.2 Å². The van der Waals surface area contributed by atoms with Crippen molar-refractivity contribution in [2.45, 2.75) is 18.4 Å². The smallest absolute Gasteiger partial charge is 0.473 e. The van der Waals surface area contributed by atoms with Crippen LogP contribution in [-0.4, -0.2) is 53.0 Å². The molecule has 2 amide bonds. The van der Waals surface area contributed by atoms with Gasteiger partial charge in [0.15, 0.2) is 0 Å². The van der Waals surface area contributed by atoms with Crippen LogP contribution in [0.25, 0.3) is 22.3 Å². The molecular weight excluding hydrogens is 766 g/mol. The average molecular weight is 805 g/mol. The number of ether oxygens (including phenoxy) is 5. The van der Waals surface area contributed by atoms with Gasteiger partial charge in [-0.15, -0.1) is 0 Å². The number of halogens is 3. The molecule has 0 saturated heterocycles. The summed E-state index contributed by atoms with van der Waals surface area (Å²) in [6.45, 7) is 0.00965. The molecule has 2 unspecified atom stereocenters. The molecule has 8 rings (SSSR count). The van der Waals surface area contributed by atoms with Crippen LogP contribution in [0.4, 0.5) is 24.5 Å². The van der Waals surface area contributed by atoms with Gasteiger partial charge in [-0.1, -0.05) is 72.8 Å². The number of methoxy groups -OCH3 is 3. The van der Waals surface area contributed by atoms with Gasteiger partial charge in [0, 0.05) is 46.2 Å². The van der Waals surface area contributed by atoms with Gasteiger partial charge in [-0.2, -0.15) is 18.2 Å². The molecule has 0 bridgehead atoms. The SMILES string of the molecule is COCC(=O)Nc1ccc2c(c1)C(c1cccc(OC)c1)Oc1ccccc1-2.COc1cccc(C2Oc3ccccc3-c3ccc(N(OC)C(=O)C(F)(F)F)cc32)c1. The molecule has 6 aromatic carbocycles. The number of anilines is 2. The van der Waals surface area contributed by atoms with Crippen LogP contribution in [0, 0.1) is 0 Å². The summed E-state index contributed by atoms with van der Waals surface area (Å²) in [6.07, 6.45) is -6.01. The Balaban J connectivity index is 0.000000180. The summed E-state index contributed by atoms with van der Waals surface area (Å²) in [5, 5.41) is 3.09. The molecule has 0 spiro atoms. The molecule has 0 radical (unpaired) electrons. The summed E-state index contributed by atoms with van der Waals surface area (Å²) in [7, 11) is 5.69. The Hall–Kier alpha value is -6.83. The molecule has 59 heavy (non-hydrogen) atoms. The highest BCUT2D eigenvalue weighted by Gasteiger charge is 2.44. The predicted molar refractivity (Wildman–Crippen MR) is 216 cm³/mol. The Kier molecular flexibility index (Phi) is 11.9. The molecule has 2 heterocycles. The minimum absolute atomic E-state index is 0.00965. The van der Waals surface area contributed by atoms with E-state index >= 15 is 0 Å². The second-order valence-corrected chi connectivity index (χ2v) is 13.4. The Morgan fingerprint density at radius 2 is 1.15 bits per heavy atom. The maximum Gasteiger partial charge on any atom is 0.473 e. The van der Waals surface area contributed by atoms with Gasteiger partial charge in [0.2, 0.25) is 5.91 Å². The van der Waals surface area contributed by atoms with E-state index in [9.17, 15) is 22.8 Å². The molecule has 2 aliphatic heterocycles. The fourth-order valence-corrected chi connectivity index (χ4v) is 7.06. The van der Waals surface area contributed by atoms with Crippen LogP contribution >= 0.6 is 0 Å². The van der Waals surface area contributed by atoms with Crippen LogP contribution < -0.4 is 29.3 Å². The quantitative estimate of drug-likeness (QED) is 0.144. The molecule has 1 N–H and O–H groups in total. The second-order valence-electron chi connectivity index (χ2n) is 13.4. The van der Waals surface area contributed by atoms with Crippen LogP contribution in [0.5, 0.6) is 23.0 Å². The number of fused-ring (bicyclic) bond motifs is 6. The lowest BCUT2D eigenvalue weighted by Gasteiger charge is -2.31. The van der Waals surface area contributed by atoms with Crippen LogP contribution in [-0.2, 0) is 19.2 Å². The van der Waals surface area contributed by atoms with Gasteiger partial charge in [-0.25, -0.2) is 0 Å². The maximum absolute atomic E-state index is 13.0. The van der Waals surface area contributed by atoms with Crippen LogP contribution in [0.15, 0.2) is 133 Å². The summed E-state index contributed by atoms with van der Waals surface area (Å²) >= 11 is 0. The summed E-state index contributed by atoms with van der Waals surface area (Å²) in [4.78, 5) is 28.5. The molecule has 2 aliphatic rings. The number of hydroxylamine groups is 1. The van der Waals surface area contributed by atoms with E-state index in [1.54, 1.807) is 38.5 Å². The van der Waals surface area contributed by atoms with Gasteiger partial charge in [0.05, 0.1) is 27.0 Å². The van der Waals surface area contributed by atoms with Crippen LogP contribution in [0.2, 0.25) is 0 Å². The summed E-state index contributed by atoms with van der Waals surface area (Å²) in [5.74, 6) is 0.543. The number of carbonyl (C=O) groups is 2. The number of rotatable bonds is 9. The van der Waals surface area contributed by atoms with Crippen molar-refractivity contribution >= 4 is 23.2 Å². The number of hydrogen-bond acceptors (Lipinski definition) is 8. The van der Waals surface area contributed by atoms with Crippen LogP contribution in [0.3, 0.4) is 0 Å². The van der Waals surface area contributed by atoms with Gasteiger partial charge >= 0.3 is 12.1 Å². The highest BCUT2D eigenvalue weighted by molar-refractivity contribution is 5.96. The largest absolute Gasteiger partial charge is 0.497 e. The van der Waals surface area contributed by atoms with E-state index < -0.39 is 18.2 Å². The standard InChI is InChI=1S/C23H18F3NO4.C23H21NO4/c1-29-16-7-5-6-14(12-16)21-19-13-15(27(30-2)22(28)23(24,25)26)10-11-17(19)18-8-3-4-9-20(18)31-21;1-26-14-22(25)24-16-10-11-18-19-8-3-4-9-21(19)28-23(20(18)13-16)15-6-5-7-17(12-15)27-2/h3-13,21H,1-2H3;3-13,23H,14H2,1-2H3,(H,24,25). The summed E-state index contributed by atoms with van der Waals surface area (Å²) in [6, 6.07) is 40.8. The molecule has 302 valence electrons. The molecule has 6 aromatic rings. The van der Waals surface area contributed by atoms with E-state index in [2.05, 4.69) is 5.32 Å². The minimum Gasteiger partial charge on any atom is -0.497 e. The third-order valence-electron chi connectivity index (χ3n) is 9.69. The van der Waals surface area contributed by atoms with Gasteiger partial charge in [0.1, 0.15) is 41.8 Å². The first-order valence-electron chi connectivity index (χ1n) is 18.3. The number of alkyl halides is 3. The number of carbonyl (C=O) groups excluding carboxylic acids is 2. The Morgan fingerprint density at radius 1 is 0.627 bits per heavy atom. The second kappa shape index (κ2) is 17.3. The fraction of sp³-hybridized carbons (Fsp3) is 0.174. The molecule has 13 heteroatoms.